The van der Waals surface area contributed by atoms with E-state index in [9.17, 15) is 9.59 Å². The highest BCUT2D eigenvalue weighted by Crippen LogP contribution is 2.27. The highest BCUT2D eigenvalue weighted by molar-refractivity contribution is 6.22. The van der Waals surface area contributed by atoms with Gasteiger partial charge in [0.2, 0.25) is 11.6 Å². The van der Waals surface area contributed by atoms with Gasteiger partial charge in [0.05, 0.1) is 11.4 Å². The molecule has 4 aromatic rings. The van der Waals surface area contributed by atoms with Crippen LogP contribution in [0.25, 0.3) is 21.5 Å². The first-order valence-corrected chi connectivity index (χ1v) is 9.71. The van der Waals surface area contributed by atoms with Gasteiger partial charge in [-0.05, 0) is 22.9 Å². The molecule has 5 rings (SSSR count). The van der Waals surface area contributed by atoms with Crippen LogP contribution < -0.4 is 10.6 Å². The molecule has 0 fully saturated rings. The maximum Gasteiger partial charge on any atom is 0.204 e. The number of benzene rings is 4. The van der Waals surface area contributed by atoms with Crippen LogP contribution in [0.5, 0.6) is 0 Å². The number of ketones is 2. The normalized spacial score (nSPS) is 13.9. The van der Waals surface area contributed by atoms with Gasteiger partial charge in [0, 0.05) is 34.3 Å². The molecule has 2 N–H and O–H groups in total. The highest BCUT2D eigenvalue weighted by Gasteiger charge is 2.21. The van der Waals surface area contributed by atoms with E-state index < -0.39 is 0 Å². The third kappa shape index (κ3) is 3.25. The van der Waals surface area contributed by atoms with Gasteiger partial charge >= 0.3 is 0 Å². The van der Waals surface area contributed by atoms with Crippen LogP contribution in [0.3, 0.4) is 0 Å². The summed E-state index contributed by atoms with van der Waals surface area (Å²) in [6.45, 7) is 0. The summed E-state index contributed by atoms with van der Waals surface area (Å²) in [6, 6.07) is 27.5. The van der Waals surface area contributed by atoms with Gasteiger partial charge in [-0.25, -0.2) is 0 Å². The van der Waals surface area contributed by atoms with E-state index in [2.05, 4.69) is 10.6 Å². The van der Waals surface area contributed by atoms with Crippen LogP contribution >= 0.6 is 0 Å². The van der Waals surface area contributed by atoms with E-state index in [1.807, 2.05) is 84.9 Å². The molecule has 0 radical (unpaired) electrons. The van der Waals surface area contributed by atoms with Crippen molar-refractivity contribution in [1.82, 2.24) is 0 Å². The Labute approximate surface area is 173 Å². The minimum atomic E-state index is -0.245. The Morgan fingerprint density at radius 3 is 1.33 bits per heavy atom. The van der Waals surface area contributed by atoms with Crippen LogP contribution in [0.1, 0.15) is 0 Å². The lowest BCUT2D eigenvalue weighted by Crippen LogP contribution is -2.22. The second-order valence-corrected chi connectivity index (χ2v) is 7.15. The average molecular weight is 390 g/mol. The number of anilines is 2. The molecular weight excluding hydrogens is 372 g/mol. The monoisotopic (exact) mass is 390 g/mol. The highest BCUT2D eigenvalue weighted by atomic mass is 16.1. The third-order valence-electron chi connectivity index (χ3n) is 5.20. The lowest BCUT2D eigenvalue weighted by atomic mass is 10.0. The standard InChI is InChI=1S/C26H18N2O2/c29-25-16-24(28-22-14-6-10-18-8-2-4-12-20(18)22)26(30)15-23(25)27-21-13-5-9-17-7-1-3-11-19(17)21/h1-16,27-28H. The molecule has 0 spiro atoms. The number of fused-ring (bicyclic) bond motifs is 2. The van der Waals surface area contributed by atoms with Crippen molar-refractivity contribution in [3.8, 4) is 0 Å². The summed E-state index contributed by atoms with van der Waals surface area (Å²) >= 11 is 0. The molecule has 1 aliphatic carbocycles. The van der Waals surface area contributed by atoms with Crippen molar-refractivity contribution < 1.29 is 9.59 Å². The lowest BCUT2D eigenvalue weighted by molar-refractivity contribution is -0.115. The van der Waals surface area contributed by atoms with Crippen molar-refractivity contribution >= 4 is 44.5 Å². The third-order valence-corrected chi connectivity index (χ3v) is 5.20. The Balaban J connectivity index is 1.42. The van der Waals surface area contributed by atoms with Crippen molar-refractivity contribution in [2.45, 2.75) is 0 Å². The van der Waals surface area contributed by atoms with Crippen molar-refractivity contribution in [3.05, 3.63) is 108 Å². The predicted octanol–water partition coefficient (Wildman–Crippen LogP) is 5.44. The summed E-state index contributed by atoms with van der Waals surface area (Å²) in [5, 5.41) is 10.4. The fourth-order valence-electron chi connectivity index (χ4n) is 3.71. The zero-order chi connectivity index (χ0) is 20.5. The lowest BCUT2D eigenvalue weighted by Gasteiger charge is -2.17. The summed E-state index contributed by atoms with van der Waals surface area (Å²) in [5.74, 6) is -0.490. The predicted molar refractivity (Wildman–Crippen MR) is 121 cm³/mol. The van der Waals surface area contributed by atoms with Gasteiger partial charge < -0.3 is 10.6 Å². The number of carbonyl (C=O) groups excluding carboxylic acids is 2. The van der Waals surface area contributed by atoms with Crippen LogP contribution in [0.15, 0.2) is 108 Å². The summed E-state index contributed by atoms with van der Waals surface area (Å²) in [7, 11) is 0. The smallest absolute Gasteiger partial charge is 0.204 e. The van der Waals surface area contributed by atoms with Crippen molar-refractivity contribution in [1.29, 1.82) is 0 Å². The van der Waals surface area contributed by atoms with Gasteiger partial charge in [0.25, 0.3) is 0 Å². The van der Waals surface area contributed by atoms with E-state index in [4.69, 9.17) is 0 Å². The first-order valence-electron chi connectivity index (χ1n) is 9.71. The van der Waals surface area contributed by atoms with E-state index in [-0.39, 0.29) is 23.0 Å². The van der Waals surface area contributed by atoms with Gasteiger partial charge in [-0.15, -0.1) is 0 Å². The fourth-order valence-corrected chi connectivity index (χ4v) is 3.71. The van der Waals surface area contributed by atoms with E-state index in [0.29, 0.717) is 0 Å². The van der Waals surface area contributed by atoms with Gasteiger partial charge in [0.1, 0.15) is 0 Å². The summed E-state index contributed by atoms with van der Waals surface area (Å²) < 4.78 is 0. The molecule has 4 nitrogen and oxygen atoms in total. The van der Waals surface area contributed by atoms with Gasteiger partial charge in [-0.2, -0.15) is 0 Å². The first kappa shape index (κ1) is 17.9. The molecule has 0 amide bonds. The molecule has 1 aliphatic rings. The number of rotatable bonds is 4. The second kappa shape index (κ2) is 7.33. The Morgan fingerprint density at radius 2 is 0.867 bits per heavy atom. The summed E-state index contributed by atoms with van der Waals surface area (Å²) in [6.07, 6.45) is 2.72. The molecule has 0 atom stereocenters. The molecule has 0 aromatic heterocycles. The number of carbonyl (C=O) groups is 2. The molecule has 0 bridgehead atoms. The zero-order valence-corrected chi connectivity index (χ0v) is 16.1. The van der Waals surface area contributed by atoms with Crippen LogP contribution in [0.2, 0.25) is 0 Å². The fraction of sp³-hybridized carbons (Fsp3) is 0. The van der Waals surface area contributed by atoms with E-state index in [1.54, 1.807) is 0 Å². The Bertz CT molecular complexity index is 1260. The summed E-state index contributed by atoms with van der Waals surface area (Å²) in [4.78, 5) is 25.5. The largest absolute Gasteiger partial charge is 0.352 e. The zero-order valence-electron chi connectivity index (χ0n) is 16.1. The molecule has 4 heteroatoms. The first-order chi connectivity index (χ1) is 14.7. The number of allylic oxidation sites excluding steroid dienone is 2. The molecule has 4 aromatic carbocycles. The van der Waals surface area contributed by atoms with E-state index in [0.717, 1.165) is 32.9 Å². The maximum absolute atomic E-state index is 12.7. The van der Waals surface area contributed by atoms with Gasteiger partial charge in [0.15, 0.2) is 0 Å². The maximum atomic E-state index is 12.7. The van der Waals surface area contributed by atoms with E-state index >= 15 is 0 Å². The van der Waals surface area contributed by atoms with Gasteiger partial charge in [-0.3, -0.25) is 9.59 Å². The van der Waals surface area contributed by atoms with Crippen molar-refractivity contribution in [2.75, 3.05) is 10.6 Å². The van der Waals surface area contributed by atoms with Crippen LogP contribution in [0.4, 0.5) is 11.4 Å². The van der Waals surface area contributed by atoms with Crippen LogP contribution in [0, 0.1) is 0 Å². The Morgan fingerprint density at radius 1 is 0.467 bits per heavy atom. The molecule has 0 unspecified atom stereocenters. The molecule has 0 heterocycles. The quantitative estimate of drug-likeness (QED) is 0.456. The molecule has 0 aliphatic heterocycles. The minimum absolute atomic E-state index is 0.245. The number of hydrogen-bond acceptors (Lipinski definition) is 4. The molecule has 30 heavy (non-hydrogen) atoms. The Hall–Kier alpha value is -4.18. The molecule has 0 saturated heterocycles. The van der Waals surface area contributed by atoms with Crippen LogP contribution in [-0.4, -0.2) is 11.6 Å². The Kier molecular flexibility index (Phi) is 4.37. The SMILES string of the molecule is O=C1C=C(Nc2cccc3ccccc23)C(=O)C=C1Nc1cccc2ccccc12. The average Bonchev–Trinajstić information content (AvgIpc) is 2.77. The molecular formula is C26H18N2O2. The topological polar surface area (TPSA) is 58.2 Å². The van der Waals surface area contributed by atoms with Crippen LogP contribution in [-0.2, 0) is 9.59 Å². The summed E-state index contributed by atoms with van der Waals surface area (Å²) in [5.41, 5.74) is 2.11. The van der Waals surface area contributed by atoms with E-state index in [1.165, 1.54) is 12.2 Å². The van der Waals surface area contributed by atoms with Crippen molar-refractivity contribution in [2.24, 2.45) is 0 Å². The van der Waals surface area contributed by atoms with Gasteiger partial charge in [-0.1, -0.05) is 72.8 Å². The second-order valence-electron chi connectivity index (χ2n) is 7.15. The number of nitrogens with one attached hydrogen (secondary N) is 2. The molecule has 144 valence electrons. The number of hydrogen-bond donors (Lipinski definition) is 2. The minimum Gasteiger partial charge on any atom is -0.352 e. The molecule has 0 saturated carbocycles. The van der Waals surface area contributed by atoms with Crippen molar-refractivity contribution in [3.63, 3.8) is 0 Å².